The summed E-state index contributed by atoms with van der Waals surface area (Å²) in [5.41, 5.74) is 0.888. The third-order valence-electron chi connectivity index (χ3n) is 5.20. The van der Waals surface area contributed by atoms with Crippen molar-refractivity contribution in [3.05, 3.63) is 84.4 Å². The predicted molar refractivity (Wildman–Crippen MR) is 137 cm³/mol. The van der Waals surface area contributed by atoms with Gasteiger partial charge in [-0.2, -0.15) is 0 Å². The molecule has 8 nitrogen and oxygen atoms in total. The van der Waals surface area contributed by atoms with Gasteiger partial charge in [0.05, 0.1) is 18.6 Å². The van der Waals surface area contributed by atoms with Crippen molar-refractivity contribution in [3.8, 4) is 0 Å². The Kier molecular flexibility index (Phi) is 11.1. The van der Waals surface area contributed by atoms with Crippen LogP contribution < -0.4 is 10.6 Å². The van der Waals surface area contributed by atoms with Crippen molar-refractivity contribution in [2.45, 2.75) is 57.9 Å². The van der Waals surface area contributed by atoms with Gasteiger partial charge in [0.2, 0.25) is 5.91 Å². The Morgan fingerprint density at radius 2 is 1.56 bits per heavy atom. The number of carbonyl (C=O) groups is 3. The van der Waals surface area contributed by atoms with E-state index < -0.39 is 41.6 Å². The van der Waals surface area contributed by atoms with E-state index >= 15 is 0 Å². The smallest absolute Gasteiger partial charge is 0.408 e. The highest BCUT2D eigenvalue weighted by atomic mass is 16.6. The van der Waals surface area contributed by atoms with E-state index in [1.165, 1.54) is 6.08 Å². The average Bonchev–Trinajstić information content (AvgIpc) is 2.84. The molecule has 2 amide bonds. The zero-order valence-electron chi connectivity index (χ0n) is 21.1. The van der Waals surface area contributed by atoms with E-state index in [-0.39, 0.29) is 19.6 Å². The number of alkyl carbamates (subject to hydrolysis) is 1. The number of aliphatic hydroxyl groups is 1. The van der Waals surface area contributed by atoms with Gasteiger partial charge in [0.15, 0.2) is 0 Å². The maximum absolute atomic E-state index is 13.4. The molecule has 0 aromatic heterocycles. The van der Waals surface area contributed by atoms with Crippen molar-refractivity contribution >= 4 is 18.0 Å². The van der Waals surface area contributed by atoms with Gasteiger partial charge in [0.1, 0.15) is 18.2 Å². The molecule has 0 spiro atoms. The van der Waals surface area contributed by atoms with Gasteiger partial charge in [-0.1, -0.05) is 66.7 Å². The molecule has 3 atom stereocenters. The maximum atomic E-state index is 13.4. The second kappa shape index (κ2) is 14.0. The van der Waals surface area contributed by atoms with E-state index in [9.17, 15) is 19.5 Å². The summed E-state index contributed by atoms with van der Waals surface area (Å²) in [5, 5.41) is 15.2. The molecule has 2 rings (SSSR count). The van der Waals surface area contributed by atoms with E-state index in [1.807, 2.05) is 60.7 Å². The first-order valence-corrected chi connectivity index (χ1v) is 11.9. The SMILES string of the molecule is C=CC[C@H](C(=O)OCc1ccccc1)C(NC(=O)OC(C)(C)C)C(=O)NC(CO)Cc1ccccc1. The second-order valence-electron chi connectivity index (χ2n) is 9.43. The van der Waals surface area contributed by atoms with Gasteiger partial charge < -0.3 is 25.2 Å². The first-order valence-electron chi connectivity index (χ1n) is 11.9. The molecular weight excluding hydrogens is 460 g/mol. The molecule has 0 fully saturated rings. The van der Waals surface area contributed by atoms with Crippen LogP contribution in [0.5, 0.6) is 0 Å². The first kappa shape index (κ1) is 28.6. The summed E-state index contributed by atoms with van der Waals surface area (Å²) < 4.78 is 10.8. The lowest BCUT2D eigenvalue weighted by atomic mass is 9.94. The minimum Gasteiger partial charge on any atom is -0.461 e. The number of hydrogen-bond donors (Lipinski definition) is 3. The molecule has 0 aliphatic heterocycles. The van der Waals surface area contributed by atoms with Gasteiger partial charge in [0, 0.05) is 0 Å². The number of aliphatic hydroxyl groups excluding tert-OH is 1. The van der Waals surface area contributed by atoms with Crippen molar-refractivity contribution in [2.24, 2.45) is 5.92 Å². The predicted octanol–water partition coefficient (Wildman–Crippen LogP) is 3.54. The number of ether oxygens (including phenoxy) is 2. The van der Waals surface area contributed by atoms with Crippen LogP contribution in [-0.2, 0) is 32.1 Å². The number of allylic oxidation sites excluding steroid dienone is 1. The summed E-state index contributed by atoms with van der Waals surface area (Å²) in [7, 11) is 0. The van der Waals surface area contributed by atoms with Crippen LogP contribution >= 0.6 is 0 Å². The van der Waals surface area contributed by atoms with E-state index in [0.717, 1.165) is 11.1 Å². The van der Waals surface area contributed by atoms with E-state index in [0.29, 0.717) is 6.42 Å². The van der Waals surface area contributed by atoms with Crippen molar-refractivity contribution in [1.82, 2.24) is 10.6 Å². The molecule has 2 aromatic rings. The van der Waals surface area contributed by atoms with Gasteiger partial charge in [-0.05, 0) is 44.7 Å². The van der Waals surface area contributed by atoms with E-state index in [1.54, 1.807) is 20.8 Å². The van der Waals surface area contributed by atoms with Crippen LogP contribution in [0.3, 0.4) is 0 Å². The standard InChI is InChI=1S/C28H36N2O6/c1-5-12-23(26(33)35-19-21-15-10-7-11-16-21)24(30-27(34)36-28(2,3)4)25(32)29-22(18-31)17-20-13-8-6-9-14-20/h5-11,13-16,22-24,31H,1,12,17-19H2,2-4H3,(H,29,32)(H,30,34)/t22?,23-,24?/m0/s1. The van der Waals surface area contributed by atoms with Crippen LogP contribution in [0.15, 0.2) is 73.3 Å². The number of esters is 1. The summed E-state index contributed by atoms with van der Waals surface area (Å²) in [4.78, 5) is 39.0. The molecule has 0 saturated carbocycles. The largest absolute Gasteiger partial charge is 0.461 e. The highest BCUT2D eigenvalue weighted by Crippen LogP contribution is 2.17. The molecule has 36 heavy (non-hydrogen) atoms. The fraction of sp³-hybridized carbons (Fsp3) is 0.393. The second-order valence-corrected chi connectivity index (χ2v) is 9.43. The Morgan fingerprint density at radius 3 is 2.08 bits per heavy atom. The molecule has 0 bridgehead atoms. The normalized spacial score (nSPS) is 13.6. The lowest BCUT2D eigenvalue weighted by Crippen LogP contribution is -2.56. The number of hydrogen-bond acceptors (Lipinski definition) is 6. The molecule has 2 unspecified atom stereocenters. The summed E-state index contributed by atoms with van der Waals surface area (Å²) in [6.45, 7) is 8.46. The topological polar surface area (TPSA) is 114 Å². The van der Waals surface area contributed by atoms with Crippen LogP contribution in [0, 0.1) is 5.92 Å². The molecule has 0 aliphatic carbocycles. The fourth-order valence-electron chi connectivity index (χ4n) is 3.52. The summed E-state index contributed by atoms with van der Waals surface area (Å²) >= 11 is 0. The van der Waals surface area contributed by atoms with Crippen molar-refractivity contribution < 1.29 is 29.0 Å². The van der Waals surface area contributed by atoms with Crippen LogP contribution in [0.1, 0.15) is 38.3 Å². The Labute approximate surface area is 212 Å². The Morgan fingerprint density at radius 1 is 0.972 bits per heavy atom. The molecule has 8 heteroatoms. The zero-order valence-corrected chi connectivity index (χ0v) is 21.1. The van der Waals surface area contributed by atoms with Gasteiger partial charge in [0.25, 0.3) is 0 Å². The number of nitrogens with one attached hydrogen (secondary N) is 2. The maximum Gasteiger partial charge on any atom is 0.408 e. The van der Waals surface area contributed by atoms with Crippen molar-refractivity contribution in [1.29, 1.82) is 0 Å². The number of amides is 2. The summed E-state index contributed by atoms with van der Waals surface area (Å²) in [6.07, 6.45) is 1.08. The molecule has 3 N–H and O–H groups in total. The van der Waals surface area contributed by atoms with Crippen LogP contribution in [0.2, 0.25) is 0 Å². The lowest BCUT2D eigenvalue weighted by Gasteiger charge is -2.28. The molecule has 0 radical (unpaired) electrons. The van der Waals surface area contributed by atoms with Gasteiger partial charge in [-0.25, -0.2) is 4.79 Å². The highest BCUT2D eigenvalue weighted by Gasteiger charge is 2.37. The van der Waals surface area contributed by atoms with Crippen LogP contribution in [0.25, 0.3) is 0 Å². The first-order chi connectivity index (χ1) is 17.1. The van der Waals surface area contributed by atoms with Crippen LogP contribution in [-0.4, -0.2) is 47.4 Å². The number of benzene rings is 2. The van der Waals surface area contributed by atoms with Gasteiger partial charge in [-0.15, -0.1) is 6.58 Å². The quantitative estimate of drug-likeness (QED) is 0.306. The van der Waals surface area contributed by atoms with Gasteiger partial charge in [-0.3, -0.25) is 9.59 Å². The number of rotatable bonds is 12. The van der Waals surface area contributed by atoms with Crippen LogP contribution in [0.4, 0.5) is 4.79 Å². The van der Waals surface area contributed by atoms with E-state index in [4.69, 9.17) is 9.47 Å². The molecule has 0 aliphatic rings. The molecule has 0 heterocycles. The lowest BCUT2D eigenvalue weighted by molar-refractivity contribution is -0.152. The van der Waals surface area contributed by atoms with Crippen molar-refractivity contribution in [2.75, 3.05) is 6.61 Å². The highest BCUT2D eigenvalue weighted by molar-refractivity contribution is 5.91. The Bertz CT molecular complexity index is 988. The molecule has 2 aromatic carbocycles. The van der Waals surface area contributed by atoms with E-state index in [2.05, 4.69) is 17.2 Å². The molecule has 0 saturated heterocycles. The zero-order chi connectivity index (χ0) is 26.6. The molecular formula is C28H36N2O6. The molecule has 194 valence electrons. The summed E-state index contributed by atoms with van der Waals surface area (Å²) in [5.74, 6) is -2.37. The average molecular weight is 497 g/mol. The van der Waals surface area contributed by atoms with Gasteiger partial charge >= 0.3 is 12.1 Å². The minimum absolute atomic E-state index is 0.0152. The van der Waals surface area contributed by atoms with Crippen molar-refractivity contribution in [3.63, 3.8) is 0 Å². The third kappa shape index (κ3) is 9.92. The minimum atomic E-state index is -1.31. The Balaban J connectivity index is 2.23. The summed E-state index contributed by atoms with van der Waals surface area (Å²) in [6, 6.07) is 16.5. The monoisotopic (exact) mass is 496 g/mol. The Hall–Kier alpha value is -3.65. The third-order valence-corrected chi connectivity index (χ3v) is 5.20. The fourth-order valence-corrected chi connectivity index (χ4v) is 3.52. The number of carbonyl (C=O) groups excluding carboxylic acids is 3.